The molecule has 0 aromatic heterocycles. The lowest BCUT2D eigenvalue weighted by Crippen LogP contribution is -2.28. The van der Waals surface area contributed by atoms with Crippen LogP contribution in [0.2, 0.25) is 0 Å². The Morgan fingerprint density at radius 2 is 1.86 bits per heavy atom. The summed E-state index contributed by atoms with van der Waals surface area (Å²) in [4.78, 5) is 0. The SMILES string of the molecule is CCCC(CCO)CNC(C)c1ccccc1C(F)(F)F. The van der Waals surface area contributed by atoms with Crippen LogP contribution in [-0.4, -0.2) is 18.3 Å². The molecule has 1 aromatic rings. The third kappa shape index (κ3) is 5.67. The number of halogens is 3. The molecule has 0 aliphatic carbocycles. The summed E-state index contributed by atoms with van der Waals surface area (Å²) in [5.41, 5.74) is -0.316. The maximum atomic E-state index is 13.0. The first-order chi connectivity index (χ1) is 9.90. The standard InChI is InChI=1S/C16H24F3NO/c1-3-6-13(9-10-21)11-20-12(2)14-7-4-5-8-15(14)16(17,18)19/h4-5,7-8,12-13,20-21H,3,6,9-11H2,1-2H3. The molecular weight excluding hydrogens is 279 g/mol. The molecule has 0 saturated heterocycles. The number of alkyl halides is 3. The highest BCUT2D eigenvalue weighted by Crippen LogP contribution is 2.34. The lowest BCUT2D eigenvalue weighted by molar-refractivity contribution is -0.138. The van der Waals surface area contributed by atoms with Gasteiger partial charge in [-0.15, -0.1) is 0 Å². The number of hydrogen-bond acceptors (Lipinski definition) is 2. The zero-order chi connectivity index (χ0) is 15.9. The van der Waals surface area contributed by atoms with Crippen molar-refractivity contribution in [3.8, 4) is 0 Å². The number of aliphatic hydroxyl groups excluding tert-OH is 1. The van der Waals surface area contributed by atoms with E-state index >= 15 is 0 Å². The van der Waals surface area contributed by atoms with E-state index < -0.39 is 11.7 Å². The molecule has 2 N–H and O–H groups in total. The second-order valence-electron chi connectivity index (χ2n) is 5.38. The van der Waals surface area contributed by atoms with Gasteiger partial charge >= 0.3 is 6.18 Å². The van der Waals surface area contributed by atoms with Gasteiger partial charge in [-0.2, -0.15) is 13.2 Å². The lowest BCUT2D eigenvalue weighted by atomic mass is 9.97. The Labute approximate surface area is 124 Å². The quantitative estimate of drug-likeness (QED) is 0.756. The molecule has 21 heavy (non-hydrogen) atoms. The van der Waals surface area contributed by atoms with Crippen LogP contribution in [-0.2, 0) is 6.18 Å². The third-order valence-electron chi connectivity index (χ3n) is 3.68. The van der Waals surface area contributed by atoms with Gasteiger partial charge in [-0.1, -0.05) is 31.5 Å². The van der Waals surface area contributed by atoms with Crippen molar-refractivity contribution in [1.29, 1.82) is 0 Å². The normalized spacial score (nSPS) is 15.0. The van der Waals surface area contributed by atoms with E-state index in [0.717, 1.165) is 18.9 Å². The summed E-state index contributed by atoms with van der Waals surface area (Å²) in [6.45, 7) is 4.53. The lowest BCUT2D eigenvalue weighted by Gasteiger charge is -2.22. The molecule has 0 aliphatic heterocycles. The highest BCUT2D eigenvalue weighted by atomic mass is 19.4. The van der Waals surface area contributed by atoms with Gasteiger partial charge in [-0.3, -0.25) is 0 Å². The van der Waals surface area contributed by atoms with Crippen molar-refractivity contribution >= 4 is 0 Å². The fraction of sp³-hybridized carbons (Fsp3) is 0.625. The Hall–Kier alpha value is -1.07. The Kier molecular flexibility index (Phi) is 7.18. The molecule has 0 saturated carbocycles. The monoisotopic (exact) mass is 303 g/mol. The maximum Gasteiger partial charge on any atom is 0.416 e. The molecule has 120 valence electrons. The van der Waals surface area contributed by atoms with Gasteiger partial charge in [0.15, 0.2) is 0 Å². The maximum absolute atomic E-state index is 13.0. The zero-order valence-electron chi connectivity index (χ0n) is 12.6. The summed E-state index contributed by atoms with van der Waals surface area (Å²) in [7, 11) is 0. The van der Waals surface area contributed by atoms with Crippen molar-refractivity contribution in [2.75, 3.05) is 13.2 Å². The van der Waals surface area contributed by atoms with E-state index in [2.05, 4.69) is 12.2 Å². The van der Waals surface area contributed by atoms with Gasteiger partial charge in [-0.05, 0) is 43.9 Å². The average Bonchev–Trinajstić information content (AvgIpc) is 2.44. The van der Waals surface area contributed by atoms with Crippen molar-refractivity contribution < 1.29 is 18.3 Å². The number of hydrogen-bond donors (Lipinski definition) is 2. The van der Waals surface area contributed by atoms with Crippen LogP contribution in [0, 0.1) is 5.92 Å². The van der Waals surface area contributed by atoms with Gasteiger partial charge in [0.25, 0.3) is 0 Å². The van der Waals surface area contributed by atoms with Gasteiger partial charge in [0.2, 0.25) is 0 Å². The van der Waals surface area contributed by atoms with Crippen LogP contribution in [0.3, 0.4) is 0 Å². The van der Waals surface area contributed by atoms with Crippen LogP contribution in [0.15, 0.2) is 24.3 Å². The van der Waals surface area contributed by atoms with E-state index in [1.54, 1.807) is 13.0 Å². The first-order valence-corrected chi connectivity index (χ1v) is 7.40. The molecule has 2 nitrogen and oxygen atoms in total. The van der Waals surface area contributed by atoms with Crippen molar-refractivity contribution in [2.45, 2.75) is 45.3 Å². The molecule has 5 heteroatoms. The number of rotatable bonds is 8. The van der Waals surface area contributed by atoms with E-state index in [0.29, 0.717) is 18.9 Å². The van der Waals surface area contributed by atoms with Crippen LogP contribution < -0.4 is 5.32 Å². The third-order valence-corrected chi connectivity index (χ3v) is 3.68. The van der Waals surface area contributed by atoms with Crippen LogP contribution in [0.25, 0.3) is 0 Å². The highest BCUT2D eigenvalue weighted by molar-refractivity contribution is 5.32. The van der Waals surface area contributed by atoms with E-state index in [4.69, 9.17) is 5.11 Å². The molecule has 0 bridgehead atoms. The Morgan fingerprint density at radius 3 is 2.43 bits per heavy atom. The Morgan fingerprint density at radius 1 is 1.19 bits per heavy atom. The van der Waals surface area contributed by atoms with Gasteiger partial charge < -0.3 is 10.4 Å². The molecular formula is C16H24F3NO. The van der Waals surface area contributed by atoms with Gasteiger partial charge in [0.05, 0.1) is 5.56 Å². The smallest absolute Gasteiger partial charge is 0.396 e. The van der Waals surface area contributed by atoms with Gasteiger partial charge in [0, 0.05) is 12.6 Å². The summed E-state index contributed by atoms with van der Waals surface area (Å²) in [5.74, 6) is 0.292. The molecule has 0 aliphatic rings. The van der Waals surface area contributed by atoms with Gasteiger partial charge in [-0.25, -0.2) is 0 Å². The average molecular weight is 303 g/mol. The minimum absolute atomic E-state index is 0.111. The molecule has 0 radical (unpaired) electrons. The number of aliphatic hydroxyl groups is 1. The predicted octanol–water partition coefficient (Wildman–Crippen LogP) is 4.15. The first kappa shape index (κ1) is 18.0. The first-order valence-electron chi connectivity index (χ1n) is 7.40. The summed E-state index contributed by atoms with van der Waals surface area (Å²) in [6.07, 6.45) is -1.70. The molecule has 0 spiro atoms. The van der Waals surface area contributed by atoms with Crippen molar-refractivity contribution in [1.82, 2.24) is 5.32 Å². The molecule has 1 aromatic carbocycles. The van der Waals surface area contributed by atoms with E-state index in [9.17, 15) is 13.2 Å². The van der Waals surface area contributed by atoms with Crippen molar-refractivity contribution in [2.24, 2.45) is 5.92 Å². The predicted molar refractivity (Wildman–Crippen MR) is 78.0 cm³/mol. The van der Waals surface area contributed by atoms with Gasteiger partial charge in [0.1, 0.15) is 0 Å². The summed E-state index contributed by atoms with van der Waals surface area (Å²) in [6, 6.07) is 5.29. The minimum atomic E-state index is -4.33. The zero-order valence-corrected chi connectivity index (χ0v) is 12.6. The van der Waals surface area contributed by atoms with Crippen molar-refractivity contribution in [3.05, 3.63) is 35.4 Å². The fourth-order valence-corrected chi connectivity index (χ4v) is 2.53. The van der Waals surface area contributed by atoms with E-state index in [1.165, 1.54) is 12.1 Å². The molecule has 1 rings (SSSR count). The van der Waals surface area contributed by atoms with Crippen LogP contribution in [0.5, 0.6) is 0 Å². The second kappa shape index (κ2) is 8.39. The van der Waals surface area contributed by atoms with Crippen LogP contribution >= 0.6 is 0 Å². The Balaban J connectivity index is 2.73. The second-order valence-corrected chi connectivity index (χ2v) is 5.38. The summed E-state index contributed by atoms with van der Waals surface area (Å²) >= 11 is 0. The van der Waals surface area contributed by atoms with E-state index in [-0.39, 0.29) is 18.2 Å². The van der Waals surface area contributed by atoms with E-state index in [1.807, 2.05) is 0 Å². The molecule has 0 fully saturated rings. The number of benzene rings is 1. The topological polar surface area (TPSA) is 32.3 Å². The highest BCUT2D eigenvalue weighted by Gasteiger charge is 2.34. The molecule has 2 atom stereocenters. The van der Waals surface area contributed by atoms with Crippen LogP contribution in [0.1, 0.15) is 50.3 Å². The fourth-order valence-electron chi connectivity index (χ4n) is 2.53. The number of nitrogens with one attached hydrogen (secondary N) is 1. The molecule has 2 unspecified atom stereocenters. The molecule has 0 amide bonds. The minimum Gasteiger partial charge on any atom is -0.396 e. The van der Waals surface area contributed by atoms with Crippen LogP contribution in [0.4, 0.5) is 13.2 Å². The largest absolute Gasteiger partial charge is 0.416 e. The molecule has 0 heterocycles. The summed E-state index contributed by atoms with van der Waals surface area (Å²) < 4.78 is 39.0. The Bertz CT molecular complexity index is 414. The summed E-state index contributed by atoms with van der Waals surface area (Å²) in [5, 5.41) is 12.2. The van der Waals surface area contributed by atoms with Crippen molar-refractivity contribution in [3.63, 3.8) is 0 Å².